The second-order valence-corrected chi connectivity index (χ2v) is 7.64. The Morgan fingerprint density at radius 1 is 1.24 bits per heavy atom. The molecular weight excluding hydrogens is 300 g/mol. The number of nitrogens with one attached hydrogen (secondary N) is 1. The van der Waals surface area contributed by atoms with Gasteiger partial charge < -0.3 is 5.32 Å². The van der Waals surface area contributed by atoms with Crippen LogP contribution in [-0.4, -0.2) is 30.0 Å². The Balaban J connectivity index is 2.64. The van der Waals surface area contributed by atoms with Gasteiger partial charge in [0.15, 0.2) is 0 Å². The standard InChI is InChI=1S/C16H28N2OS2/c1-12(2)15(18-14(19)10-11-20-4)21-16(17-3)13-8-6-5-7-9-13/h13H,5-11H2,1-4H3,(H,18,19)/b17-16-. The number of carbonyl (C=O) groups excluding carboxylic acids is 1. The summed E-state index contributed by atoms with van der Waals surface area (Å²) in [4.78, 5) is 16.4. The van der Waals surface area contributed by atoms with Gasteiger partial charge >= 0.3 is 0 Å². The molecule has 1 N–H and O–H groups in total. The largest absolute Gasteiger partial charge is 0.320 e. The molecule has 0 radical (unpaired) electrons. The van der Waals surface area contributed by atoms with Gasteiger partial charge in [-0.15, -0.1) is 0 Å². The molecule has 120 valence electrons. The summed E-state index contributed by atoms with van der Waals surface area (Å²) in [6.45, 7) is 4.09. The molecule has 0 bridgehead atoms. The number of thioether (sulfide) groups is 2. The Kier molecular flexibility index (Phi) is 9.16. The topological polar surface area (TPSA) is 41.5 Å². The number of amides is 1. The fourth-order valence-electron chi connectivity index (χ4n) is 2.40. The molecule has 0 saturated heterocycles. The number of carbonyl (C=O) groups is 1. The Morgan fingerprint density at radius 2 is 1.90 bits per heavy atom. The maximum absolute atomic E-state index is 12.0. The molecule has 1 fully saturated rings. The lowest BCUT2D eigenvalue weighted by atomic mass is 9.90. The van der Waals surface area contributed by atoms with Gasteiger partial charge in [0.1, 0.15) is 0 Å². The number of rotatable bonds is 6. The molecular formula is C16H28N2OS2. The van der Waals surface area contributed by atoms with Crippen molar-refractivity contribution in [2.45, 2.75) is 52.4 Å². The summed E-state index contributed by atoms with van der Waals surface area (Å²) in [7, 11) is 1.87. The van der Waals surface area contributed by atoms with E-state index in [1.165, 1.54) is 37.1 Å². The van der Waals surface area contributed by atoms with Gasteiger partial charge in [0, 0.05) is 25.1 Å². The highest BCUT2D eigenvalue weighted by molar-refractivity contribution is 8.17. The van der Waals surface area contributed by atoms with Crippen LogP contribution in [0.3, 0.4) is 0 Å². The summed E-state index contributed by atoms with van der Waals surface area (Å²) < 4.78 is 0. The third-order valence-corrected chi connectivity index (χ3v) is 5.67. The van der Waals surface area contributed by atoms with E-state index in [2.05, 4.69) is 10.3 Å². The molecule has 1 amide bonds. The van der Waals surface area contributed by atoms with Crippen molar-refractivity contribution in [2.75, 3.05) is 19.1 Å². The second kappa shape index (κ2) is 10.3. The molecule has 5 heteroatoms. The van der Waals surface area contributed by atoms with Crippen molar-refractivity contribution < 1.29 is 4.79 Å². The van der Waals surface area contributed by atoms with Gasteiger partial charge in [-0.2, -0.15) is 11.8 Å². The maximum atomic E-state index is 12.0. The first kappa shape index (κ1) is 18.6. The highest BCUT2D eigenvalue weighted by atomic mass is 32.2. The van der Waals surface area contributed by atoms with Crippen LogP contribution in [0.25, 0.3) is 0 Å². The number of allylic oxidation sites excluding steroid dienone is 1. The van der Waals surface area contributed by atoms with Crippen LogP contribution in [0.15, 0.2) is 15.6 Å². The first-order chi connectivity index (χ1) is 10.1. The number of hydrogen-bond acceptors (Lipinski definition) is 4. The minimum Gasteiger partial charge on any atom is -0.320 e. The first-order valence-corrected chi connectivity index (χ1v) is 9.90. The van der Waals surface area contributed by atoms with E-state index in [9.17, 15) is 4.79 Å². The van der Waals surface area contributed by atoms with Crippen molar-refractivity contribution >= 4 is 34.5 Å². The molecule has 3 nitrogen and oxygen atoms in total. The minimum absolute atomic E-state index is 0.104. The summed E-state index contributed by atoms with van der Waals surface area (Å²) >= 11 is 3.36. The van der Waals surface area contributed by atoms with Gasteiger partial charge in [-0.25, -0.2) is 0 Å². The third kappa shape index (κ3) is 6.92. The highest BCUT2D eigenvalue weighted by Crippen LogP contribution is 2.32. The molecule has 1 saturated carbocycles. The van der Waals surface area contributed by atoms with E-state index in [1.807, 2.05) is 27.2 Å². The molecule has 21 heavy (non-hydrogen) atoms. The van der Waals surface area contributed by atoms with Gasteiger partial charge in [-0.05, 0) is 38.5 Å². The van der Waals surface area contributed by atoms with Gasteiger partial charge in [0.05, 0.1) is 10.1 Å². The average molecular weight is 329 g/mol. The smallest absolute Gasteiger partial charge is 0.225 e. The monoisotopic (exact) mass is 328 g/mol. The van der Waals surface area contributed by atoms with Crippen LogP contribution < -0.4 is 5.32 Å². The van der Waals surface area contributed by atoms with Crippen LogP contribution in [0.5, 0.6) is 0 Å². The summed E-state index contributed by atoms with van der Waals surface area (Å²) in [6, 6.07) is 0. The van der Waals surface area contributed by atoms with Gasteiger partial charge in [-0.1, -0.05) is 31.0 Å². The second-order valence-electron chi connectivity index (χ2n) is 5.62. The van der Waals surface area contributed by atoms with Gasteiger partial charge in [0.25, 0.3) is 0 Å². The third-order valence-electron chi connectivity index (χ3n) is 3.62. The van der Waals surface area contributed by atoms with Crippen molar-refractivity contribution in [3.8, 4) is 0 Å². The Morgan fingerprint density at radius 3 is 2.43 bits per heavy atom. The lowest BCUT2D eigenvalue weighted by Crippen LogP contribution is -2.24. The first-order valence-electron chi connectivity index (χ1n) is 7.69. The van der Waals surface area contributed by atoms with Crippen LogP contribution in [0.2, 0.25) is 0 Å². The van der Waals surface area contributed by atoms with Crippen LogP contribution in [0, 0.1) is 5.92 Å². The molecule has 0 aromatic heterocycles. The Bertz CT molecular complexity index is 395. The average Bonchev–Trinajstić information content (AvgIpc) is 2.49. The predicted octanol–water partition coefficient (Wildman–Crippen LogP) is 4.45. The summed E-state index contributed by atoms with van der Waals surface area (Å²) in [5.41, 5.74) is 1.15. The summed E-state index contributed by atoms with van der Waals surface area (Å²) in [6.07, 6.45) is 9.00. The molecule has 1 aliphatic carbocycles. The molecule has 0 aliphatic heterocycles. The van der Waals surface area contributed by atoms with E-state index in [-0.39, 0.29) is 5.91 Å². The molecule has 0 aromatic rings. The summed E-state index contributed by atoms with van der Waals surface area (Å²) in [5.74, 6) is 1.54. The molecule has 0 unspecified atom stereocenters. The van der Waals surface area contributed by atoms with Gasteiger partial charge in [-0.3, -0.25) is 9.79 Å². The van der Waals surface area contributed by atoms with E-state index in [1.54, 1.807) is 23.5 Å². The van der Waals surface area contributed by atoms with E-state index in [0.717, 1.165) is 16.4 Å². The molecule has 1 rings (SSSR count). The molecule has 0 heterocycles. The van der Waals surface area contributed by atoms with Gasteiger partial charge in [0.2, 0.25) is 5.91 Å². The maximum Gasteiger partial charge on any atom is 0.225 e. The Hall–Kier alpha value is -0.420. The lowest BCUT2D eigenvalue weighted by Gasteiger charge is -2.24. The Labute approximate surface area is 137 Å². The van der Waals surface area contributed by atoms with E-state index in [0.29, 0.717) is 12.3 Å². The molecule has 1 aliphatic rings. The zero-order valence-electron chi connectivity index (χ0n) is 13.7. The summed E-state index contributed by atoms with van der Waals surface area (Å²) in [5, 5.41) is 5.21. The normalized spacial score (nSPS) is 16.7. The predicted molar refractivity (Wildman–Crippen MR) is 97.0 cm³/mol. The SMILES string of the molecule is C/N=C(\SC(NC(=O)CCSC)=C(C)C)C1CCCCC1. The van der Waals surface area contributed by atoms with E-state index >= 15 is 0 Å². The van der Waals surface area contributed by atoms with Crippen molar-refractivity contribution in [3.63, 3.8) is 0 Å². The van der Waals surface area contributed by atoms with Crippen molar-refractivity contribution in [2.24, 2.45) is 10.9 Å². The minimum atomic E-state index is 0.104. The zero-order chi connectivity index (χ0) is 15.7. The van der Waals surface area contributed by atoms with Crippen LogP contribution >= 0.6 is 23.5 Å². The molecule has 0 aromatic carbocycles. The highest BCUT2D eigenvalue weighted by Gasteiger charge is 2.21. The molecule has 0 spiro atoms. The fourth-order valence-corrected chi connectivity index (χ4v) is 3.86. The van der Waals surface area contributed by atoms with Crippen molar-refractivity contribution in [1.82, 2.24) is 5.32 Å². The number of aliphatic imine (C=N–C) groups is 1. The number of hydrogen-bond donors (Lipinski definition) is 1. The molecule has 0 atom stereocenters. The lowest BCUT2D eigenvalue weighted by molar-refractivity contribution is -0.119. The van der Waals surface area contributed by atoms with E-state index < -0.39 is 0 Å². The fraction of sp³-hybridized carbons (Fsp3) is 0.750. The van der Waals surface area contributed by atoms with Crippen LogP contribution in [0.1, 0.15) is 52.4 Å². The van der Waals surface area contributed by atoms with Crippen LogP contribution in [0.4, 0.5) is 0 Å². The van der Waals surface area contributed by atoms with Crippen molar-refractivity contribution in [3.05, 3.63) is 10.6 Å². The van der Waals surface area contributed by atoms with Crippen LogP contribution in [-0.2, 0) is 4.79 Å². The van der Waals surface area contributed by atoms with E-state index in [4.69, 9.17) is 0 Å². The van der Waals surface area contributed by atoms with Crippen molar-refractivity contribution in [1.29, 1.82) is 0 Å². The zero-order valence-corrected chi connectivity index (χ0v) is 15.3. The quantitative estimate of drug-likeness (QED) is 0.578. The number of nitrogens with zero attached hydrogens (tertiary/aromatic N) is 1.